The van der Waals surface area contributed by atoms with Crippen LogP contribution < -0.4 is 0 Å². The molecule has 0 amide bonds. The Morgan fingerprint density at radius 2 is 1.08 bits per heavy atom. The maximum Gasteiger partial charge on any atom is 0.145 e. The first-order valence-electron chi connectivity index (χ1n) is 11.1. The van der Waals surface area contributed by atoms with E-state index in [9.17, 15) is 5.11 Å². The van der Waals surface area contributed by atoms with E-state index in [1.54, 1.807) is 30.3 Å². The first-order chi connectivity index (χ1) is 17.1. The van der Waals surface area contributed by atoms with Crippen LogP contribution in [0.2, 0.25) is 20.1 Å². The van der Waals surface area contributed by atoms with Gasteiger partial charge in [0, 0.05) is 39.4 Å². The molecule has 0 radical (unpaired) electrons. The minimum Gasteiger partial charge on any atom is -0.391 e. The van der Waals surface area contributed by atoms with Crippen molar-refractivity contribution in [1.29, 1.82) is 0 Å². The Kier molecular flexibility index (Phi) is 10.3. The number of aromatic nitrogens is 2. The van der Waals surface area contributed by atoms with Gasteiger partial charge in [-0.1, -0.05) is 112 Å². The second kappa shape index (κ2) is 12.8. The molecular weight excluding hydrogens is 610 g/mol. The maximum absolute atomic E-state index is 9.49. The number of aliphatic hydroxyl groups excluding tert-OH is 1. The van der Waals surface area contributed by atoms with Crippen LogP contribution in [0.3, 0.4) is 0 Å². The van der Waals surface area contributed by atoms with Gasteiger partial charge in [0.2, 0.25) is 0 Å². The molecule has 5 nitrogen and oxygen atoms in total. The molecule has 0 fully saturated rings. The fourth-order valence-corrected chi connectivity index (χ4v) is 5.37. The molecule has 4 rings (SSSR count). The highest BCUT2D eigenvalue weighted by Crippen LogP contribution is 2.40. The lowest BCUT2D eigenvalue weighted by Crippen LogP contribution is -1.94. The average Bonchev–Trinajstić information content (AvgIpc) is 3.44. The van der Waals surface area contributed by atoms with Gasteiger partial charge in [-0.2, -0.15) is 0 Å². The van der Waals surface area contributed by atoms with Crippen LogP contribution in [0.5, 0.6) is 0 Å². The predicted octanol–water partition coefficient (Wildman–Crippen LogP) is 9.93. The van der Waals surface area contributed by atoms with Crippen molar-refractivity contribution in [3.05, 3.63) is 79.1 Å². The van der Waals surface area contributed by atoms with Crippen LogP contribution in [0, 0.1) is 0 Å². The van der Waals surface area contributed by atoms with E-state index in [1.165, 1.54) is 0 Å². The van der Waals surface area contributed by atoms with Gasteiger partial charge in [0.15, 0.2) is 0 Å². The van der Waals surface area contributed by atoms with Crippen LogP contribution in [0.1, 0.15) is 62.2 Å². The standard InChI is InChI=1S/C13H12BrCl2NO.C13H13Cl2NO2/c1-7(2)13-8(6-14)12(17-18-13)11-9(15)4-3-5-10(11)16;1-7(2)13-8(6-17)12(16-18-13)11-9(14)4-3-5-10(11)15/h3-5,7H,6H2,1-2H3;3-5,7,17H,6H2,1-2H3. The van der Waals surface area contributed by atoms with Crippen molar-refractivity contribution in [2.75, 3.05) is 0 Å². The van der Waals surface area contributed by atoms with Crippen LogP contribution in [0.15, 0.2) is 45.4 Å². The van der Waals surface area contributed by atoms with Gasteiger partial charge in [-0.3, -0.25) is 0 Å². The molecule has 0 atom stereocenters. The number of hydrogen-bond donors (Lipinski definition) is 1. The Labute approximate surface area is 238 Å². The van der Waals surface area contributed by atoms with Crippen molar-refractivity contribution < 1.29 is 14.2 Å². The second-order valence-electron chi connectivity index (χ2n) is 8.54. The van der Waals surface area contributed by atoms with E-state index < -0.39 is 0 Å². The quantitative estimate of drug-likeness (QED) is 0.214. The fraction of sp³-hybridized carbons (Fsp3) is 0.308. The molecule has 0 aliphatic heterocycles. The Morgan fingerprint density at radius 3 is 1.42 bits per heavy atom. The molecule has 0 bridgehead atoms. The van der Waals surface area contributed by atoms with Crippen LogP contribution in [-0.4, -0.2) is 15.4 Å². The first kappa shape index (κ1) is 29.0. The lowest BCUT2D eigenvalue weighted by molar-refractivity contribution is 0.275. The van der Waals surface area contributed by atoms with Crippen molar-refractivity contribution in [3.63, 3.8) is 0 Å². The average molecular weight is 635 g/mol. The lowest BCUT2D eigenvalue weighted by atomic mass is 10.0. The molecule has 1 N–H and O–H groups in total. The summed E-state index contributed by atoms with van der Waals surface area (Å²) in [6, 6.07) is 10.6. The highest BCUT2D eigenvalue weighted by Gasteiger charge is 2.23. The summed E-state index contributed by atoms with van der Waals surface area (Å²) in [6.45, 7) is 7.90. The molecular formula is C26H25BrCl4N2O3. The summed E-state index contributed by atoms with van der Waals surface area (Å²) < 4.78 is 10.7. The molecule has 0 unspecified atom stereocenters. The number of hydrogen-bond acceptors (Lipinski definition) is 5. The van der Waals surface area contributed by atoms with Gasteiger partial charge in [-0.05, 0) is 24.3 Å². The third-order valence-corrected chi connectivity index (χ3v) is 7.20. The second-order valence-corrected chi connectivity index (χ2v) is 10.7. The zero-order chi connectivity index (χ0) is 26.6. The normalized spacial score (nSPS) is 11.2. The largest absolute Gasteiger partial charge is 0.391 e. The number of aliphatic hydroxyl groups is 1. The minimum atomic E-state index is -0.159. The molecule has 0 spiro atoms. The molecule has 2 aromatic carbocycles. The zero-order valence-electron chi connectivity index (χ0n) is 20.1. The minimum absolute atomic E-state index is 0.134. The molecule has 36 heavy (non-hydrogen) atoms. The molecule has 2 aromatic heterocycles. The number of halogens is 5. The summed E-state index contributed by atoms with van der Waals surface area (Å²) in [5.74, 6) is 1.91. The van der Waals surface area contributed by atoms with E-state index in [4.69, 9.17) is 55.4 Å². The lowest BCUT2D eigenvalue weighted by Gasteiger charge is -2.06. The Bertz CT molecular complexity index is 1190. The van der Waals surface area contributed by atoms with Crippen LogP contribution in [0.4, 0.5) is 0 Å². The summed E-state index contributed by atoms with van der Waals surface area (Å²) >= 11 is 28.1. The van der Waals surface area contributed by atoms with Crippen molar-refractivity contribution in [2.24, 2.45) is 0 Å². The van der Waals surface area contributed by atoms with Gasteiger partial charge < -0.3 is 14.2 Å². The Hall–Kier alpha value is -1.54. The smallest absolute Gasteiger partial charge is 0.145 e. The van der Waals surface area contributed by atoms with Gasteiger partial charge in [0.05, 0.1) is 26.7 Å². The Morgan fingerprint density at radius 1 is 0.722 bits per heavy atom. The molecule has 4 aromatic rings. The molecule has 0 saturated heterocycles. The van der Waals surface area contributed by atoms with Crippen LogP contribution >= 0.6 is 62.3 Å². The number of alkyl halides is 1. The summed E-state index contributed by atoms with van der Waals surface area (Å²) in [7, 11) is 0. The summed E-state index contributed by atoms with van der Waals surface area (Å²) in [5.41, 5.74) is 4.19. The fourth-order valence-electron chi connectivity index (χ4n) is 3.67. The summed E-state index contributed by atoms with van der Waals surface area (Å²) in [5, 5.41) is 20.4. The van der Waals surface area contributed by atoms with Crippen LogP contribution in [0.25, 0.3) is 22.5 Å². The number of rotatable bonds is 6. The molecule has 0 aliphatic carbocycles. The van der Waals surface area contributed by atoms with E-state index >= 15 is 0 Å². The SMILES string of the molecule is CC(C)c1onc(-c2c(Cl)cccc2Cl)c1CBr.CC(C)c1onc(-c2c(Cl)cccc2Cl)c1CO. The molecule has 10 heteroatoms. The van der Waals surface area contributed by atoms with Crippen molar-refractivity contribution in [2.45, 2.75) is 51.5 Å². The predicted molar refractivity (Wildman–Crippen MR) is 151 cm³/mol. The van der Waals surface area contributed by atoms with Crippen LogP contribution in [-0.2, 0) is 11.9 Å². The van der Waals surface area contributed by atoms with E-state index in [1.807, 2.05) is 19.9 Å². The number of benzene rings is 2. The molecule has 2 heterocycles. The van der Waals surface area contributed by atoms with E-state index in [0.717, 1.165) is 16.9 Å². The highest BCUT2D eigenvalue weighted by molar-refractivity contribution is 9.08. The third kappa shape index (κ3) is 6.12. The van der Waals surface area contributed by atoms with Gasteiger partial charge in [-0.25, -0.2) is 0 Å². The summed E-state index contributed by atoms with van der Waals surface area (Å²) in [6.07, 6.45) is 0. The van der Waals surface area contributed by atoms with E-state index in [-0.39, 0.29) is 18.4 Å². The molecule has 0 aliphatic rings. The summed E-state index contributed by atoms with van der Waals surface area (Å²) in [4.78, 5) is 0. The van der Waals surface area contributed by atoms with Crippen molar-refractivity contribution >= 4 is 62.3 Å². The highest BCUT2D eigenvalue weighted by atomic mass is 79.9. The first-order valence-corrected chi connectivity index (χ1v) is 13.8. The topological polar surface area (TPSA) is 72.3 Å². The van der Waals surface area contributed by atoms with Gasteiger partial charge in [-0.15, -0.1) is 0 Å². The maximum atomic E-state index is 9.49. The van der Waals surface area contributed by atoms with E-state index in [2.05, 4.69) is 40.1 Å². The monoisotopic (exact) mass is 632 g/mol. The van der Waals surface area contributed by atoms with E-state index in [0.29, 0.717) is 53.7 Å². The Balaban J connectivity index is 0.000000201. The zero-order valence-corrected chi connectivity index (χ0v) is 24.7. The van der Waals surface area contributed by atoms with Gasteiger partial charge >= 0.3 is 0 Å². The molecule has 192 valence electrons. The third-order valence-electron chi connectivity index (χ3n) is 5.38. The number of nitrogens with zero attached hydrogens (tertiary/aromatic N) is 2. The van der Waals surface area contributed by atoms with Gasteiger partial charge in [0.1, 0.15) is 22.9 Å². The molecule has 0 saturated carbocycles. The van der Waals surface area contributed by atoms with Gasteiger partial charge in [0.25, 0.3) is 0 Å². The van der Waals surface area contributed by atoms with Crippen molar-refractivity contribution in [3.8, 4) is 22.5 Å². The van der Waals surface area contributed by atoms with Crippen molar-refractivity contribution in [1.82, 2.24) is 10.3 Å².